The Morgan fingerprint density at radius 2 is 1.86 bits per heavy atom. The van der Waals surface area contributed by atoms with Gasteiger partial charge in [0.1, 0.15) is 0 Å². The smallest absolute Gasteiger partial charge is 0.0762 e. The predicted octanol–water partition coefficient (Wildman–Crippen LogP) is 3.97. The van der Waals surface area contributed by atoms with Crippen molar-refractivity contribution in [2.45, 2.75) is 52.1 Å². The van der Waals surface area contributed by atoms with Gasteiger partial charge in [0.15, 0.2) is 0 Å². The lowest BCUT2D eigenvalue weighted by molar-refractivity contribution is 0.424. The first-order chi connectivity index (χ1) is 10.3. The maximum Gasteiger partial charge on any atom is 0.0762 e. The number of hydrogen-bond donors (Lipinski definition) is 1. The van der Waals surface area contributed by atoms with Crippen LogP contribution in [0.15, 0.2) is 42.6 Å². The summed E-state index contributed by atoms with van der Waals surface area (Å²) in [7, 11) is 0. The standard InChI is InChI=1S/C18H27N3/c1-3-18(4-2)21-14-12-17(20-21)15-19-13-8-11-16-9-6-5-7-10-16/h5-7,9-10,12,14,18-19H,3-4,8,11,13,15H2,1-2H3. The van der Waals surface area contributed by atoms with E-state index in [1.54, 1.807) is 0 Å². The van der Waals surface area contributed by atoms with Crippen molar-refractivity contribution in [2.24, 2.45) is 0 Å². The zero-order valence-corrected chi connectivity index (χ0v) is 13.3. The van der Waals surface area contributed by atoms with Crippen LogP contribution >= 0.6 is 0 Å². The van der Waals surface area contributed by atoms with Gasteiger partial charge in [0.05, 0.1) is 11.7 Å². The van der Waals surface area contributed by atoms with Crippen molar-refractivity contribution in [2.75, 3.05) is 6.54 Å². The van der Waals surface area contributed by atoms with Gasteiger partial charge in [0.25, 0.3) is 0 Å². The largest absolute Gasteiger partial charge is 0.311 e. The van der Waals surface area contributed by atoms with Gasteiger partial charge in [0, 0.05) is 12.7 Å². The van der Waals surface area contributed by atoms with Crippen molar-refractivity contribution in [3.8, 4) is 0 Å². The van der Waals surface area contributed by atoms with Gasteiger partial charge in [0.2, 0.25) is 0 Å². The number of nitrogens with zero attached hydrogens (tertiary/aromatic N) is 2. The lowest BCUT2D eigenvalue weighted by Crippen LogP contribution is -2.16. The molecule has 0 aliphatic heterocycles. The maximum atomic E-state index is 4.66. The average Bonchev–Trinajstić information content (AvgIpc) is 2.98. The average molecular weight is 285 g/mol. The van der Waals surface area contributed by atoms with Gasteiger partial charge in [-0.3, -0.25) is 4.68 Å². The summed E-state index contributed by atoms with van der Waals surface area (Å²) in [6.45, 7) is 6.34. The SMILES string of the molecule is CCC(CC)n1ccc(CNCCCc2ccccc2)n1. The van der Waals surface area contributed by atoms with Crippen LogP contribution in [-0.2, 0) is 13.0 Å². The Kier molecular flexibility index (Phi) is 6.48. The van der Waals surface area contributed by atoms with E-state index >= 15 is 0 Å². The summed E-state index contributed by atoms with van der Waals surface area (Å²) in [5.41, 5.74) is 2.55. The highest BCUT2D eigenvalue weighted by molar-refractivity contribution is 5.14. The second kappa shape index (κ2) is 8.63. The molecule has 0 unspecified atom stereocenters. The highest BCUT2D eigenvalue weighted by Crippen LogP contribution is 2.14. The maximum absolute atomic E-state index is 4.66. The fourth-order valence-corrected chi connectivity index (χ4v) is 2.62. The van der Waals surface area contributed by atoms with Crippen molar-refractivity contribution in [1.29, 1.82) is 0 Å². The first kappa shape index (κ1) is 15.8. The summed E-state index contributed by atoms with van der Waals surface area (Å²) in [5, 5.41) is 8.15. The Morgan fingerprint density at radius 3 is 2.57 bits per heavy atom. The molecule has 0 amide bonds. The fraction of sp³-hybridized carbons (Fsp3) is 0.500. The Hall–Kier alpha value is -1.61. The Morgan fingerprint density at radius 1 is 1.10 bits per heavy atom. The van der Waals surface area contributed by atoms with Crippen LogP contribution in [0.5, 0.6) is 0 Å². The number of aryl methyl sites for hydroxylation is 1. The number of hydrogen-bond acceptors (Lipinski definition) is 2. The van der Waals surface area contributed by atoms with Gasteiger partial charge < -0.3 is 5.32 Å². The first-order valence-corrected chi connectivity index (χ1v) is 8.12. The summed E-state index contributed by atoms with van der Waals surface area (Å²) >= 11 is 0. The highest BCUT2D eigenvalue weighted by Gasteiger charge is 2.07. The van der Waals surface area contributed by atoms with Gasteiger partial charge >= 0.3 is 0 Å². The number of aromatic nitrogens is 2. The quantitative estimate of drug-likeness (QED) is 0.707. The second-order valence-corrected chi connectivity index (χ2v) is 5.52. The van der Waals surface area contributed by atoms with Crippen molar-refractivity contribution in [3.63, 3.8) is 0 Å². The van der Waals surface area contributed by atoms with Gasteiger partial charge in [-0.05, 0) is 43.9 Å². The van der Waals surface area contributed by atoms with Crippen molar-refractivity contribution in [1.82, 2.24) is 15.1 Å². The van der Waals surface area contributed by atoms with E-state index in [1.165, 1.54) is 5.56 Å². The molecular formula is C18H27N3. The van der Waals surface area contributed by atoms with Crippen LogP contribution in [0.4, 0.5) is 0 Å². The summed E-state index contributed by atoms with van der Waals surface area (Å²) in [6, 6.07) is 13.3. The van der Waals surface area contributed by atoms with Crippen molar-refractivity contribution in [3.05, 3.63) is 53.9 Å². The molecule has 1 aromatic heterocycles. The van der Waals surface area contributed by atoms with Crippen LogP contribution < -0.4 is 5.32 Å². The third kappa shape index (κ3) is 5.01. The molecule has 3 heteroatoms. The third-order valence-corrected chi connectivity index (χ3v) is 3.95. The van der Waals surface area contributed by atoms with Crippen LogP contribution in [0.2, 0.25) is 0 Å². The Balaban J connectivity index is 1.67. The van der Waals surface area contributed by atoms with Crippen LogP contribution in [0.3, 0.4) is 0 Å². The van der Waals surface area contributed by atoms with Gasteiger partial charge in [-0.25, -0.2) is 0 Å². The monoisotopic (exact) mass is 285 g/mol. The van der Waals surface area contributed by atoms with E-state index in [2.05, 4.69) is 71.5 Å². The molecule has 0 saturated carbocycles. The van der Waals surface area contributed by atoms with Gasteiger partial charge in [-0.2, -0.15) is 5.10 Å². The first-order valence-electron chi connectivity index (χ1n) is 8.12. The summed E-state index contributed by atoms with van der Waals surface area (Å²) < 4.78 is 2.11. The van der Waals surface area contributed by atoms with Crippen LogP contribution in [0.25, 0.3) is 0 Å². The van der Waals surface area contributed by atoms with Crippen molar-refractivity contribution < 1.29 is 0 Å². The fourth-order valence-electron chi connectivity index (χ4n) is 2.62. The van der Waals surface area contributed by atoms with Gasteiger partial charge in [-0.15, -0.1) is 0 Å². The number of nitrogens with one attached hydrogen (secondary N) is 1. The molecule has 3 nitrogen and oxygen atoms in total. The highest BCUT2D eigenvalue weighted by atomic mass is 15.3. The zero-order chi connectivity index (χ0) is 14.9. The minimum absolute atomic E-state index is 0.539. The van der Waals surface area contributed by atoms with Crippen LogP contribution in [-0.4, -0.2) is 16.3 Å². The van der Waals surface area contributed by atoms with Gasteiger partial charge in [-0.1, -0.05) is 44.2 Å². The summed E-state index contributed by atoms with van der Waals surface area (Å²) in [5.74, 6) is 0. The molecule has 0 radical (unpaired) electrons. The predicted molar refractivity (Wildman–Crippen MR) is 88.3 cm³/mol. The van der Waals surface area contributed by atoms with Crippen molar-refractivity contribution >= 4 is 0 Å². The second-order valence-electron chi connectivity index (χ2n) is 5.52. The van der Waals surface area contributed by atoms with E-state index < -0.39 is 0 Å². The number of rotatable bonds is 9. The van der Waals surface area contributed by atoms with E-state index in [9.17, 15) is 0 Å². The topological polar surface area (TPSA) is 29.9 Å². The Labute approximate surface area is 128 Å². The molecule has 2 rings (SSSR count). The lowest BCUT2D eigenvalue weighted by Gasteiger charge is -2.12. The van der Waals surface area contributed by atoms with E-state index in [0.717, 1.165) is 44.5 Å². The normalized spacial score (nSPS) is 11.2. The number of benzene rings is 1. The Bertz CT molecular complexity index is 500. The van der Waals surface area contributed by atoms with Crippen LogP contribution in [0, 0.1) is 0 Å². The zero-order valence-electron chi connectivity index (χ0n) is 13.3. The molecule has 114 valence electrons. The molecule has 0 bridgehead atoms. The minimum atomic E-state index is 0.539. The molecule has 0 atom stereocenters. The summed E-state index contributed by atoms with van der Waals surface area (Å²) in [4.78, 5) is 0. The molecule has 0 spiro atoms. The summed E-state index contributed by atoms with van der Waals surface area (Å²) in [6.07, 6.45) is 6.69. The molecule has 1 heterocycles. The molecule has 1 aromatic carbocycles. The van der Waals surface area contributed by atoms with E-state index in [-0.39, 0.29) is 0 Å². The molecule has 0 aliphatic rings. The molecule has 0 saturated heterocycles. The molecule has 1 N–H and O–H groups in total. The lowest BCUT2D eigenvalue weighted by atomic mass is 10.1. The molecule has 0 aliphatic carbocycles. The molecule has 2 aromatic rings. The van der Waals surface area contributed by atoms with E-state index in [0.29, 0.717) is 6.04 Å². The molecule has 21 heavy (non-hydrogen) atoms. The molecule has 0 fully saturated rings. The van der Waals surface area contributed by atoms with E-state index in [1.807, 2.05) is 0 Å². The van der Waals surface area contributed by atoms with E-state index in [4.69, 9.17) is 0 Å². The minimum Gasteiger partial charge on any atom is -0.311 e. The molecular weight excluding hydrogens is 258 g/mol. The van der Waals surface area contributed by atoms with Crippen LogP contribution in [0.1, 0.15) is 50.4 Å². The third-order valence-electron chi connectivity index (χ3n) is 3.95.